The van der Waals surface area contributed by atoms with Gasteiger partial charge in [0.1, 0.15) is 11.9 Å². The number of hydrogen-bond donors (Lipinski definition) is 1. The van der Waals surface area contributed by atoms with E-state index in [1.54, 1.807) is 18.4 Å². The van der Waals surface area contributed by atoms with Gasteiger partial charge in [-0.2, -0.15) is 0 Å². The average Bonchev–Trinajstić information content (AvgIpc) is 2.67. The van der Waals surface area contributed by atoms with Crippen molar-refractivity contribution in [2.75, 3.05) is 7.11 Å². The van der Waals surface area contributed by atoms with Gasteiger partial charge in [-0.25, -0.2) is 0 Å². The smallest absolute Gasteiger partial charge is 0.133 e. The fraction of sp³-hybridized carbons (Fsp3) is 0.286. The Labute approximate surface area is 119 Å². The van der Waals surface area contributed by atoms with Gasteiger partial charge in [0.25, 0.3) is 0 Å². The Kier molecular flexibility index (Phi) is 4.10. The molecule has 2 aromatic rings. The molecular weight excluding hydrogens is 312 g/mol. The van der Waals surface area contributed by atoms with Crippen LogP contribution in [0.3, 0.4) is 0 Å². The lowest BCUT2D eigenvalue weighted by atomic mass is 10.1. The lowest BCUT2D eigenvalue weighted by Gasteiger charge is -2.12. The van der Waals surface area contributed by atoms with Crippen molar-refractivity contribution in [2.24, 2.45) is 0 Å². The molecule has 0 radical (unpaired) electrons. The molecule has 1 heterocycles. The summed E-state index contributed by atoms with van der Waals surface area (Å²) in [5, 5.41) is 10.4. The number of benzene rings is 1. The minimum atomic E-state index is -0.578. The van der Waals surface area contributed by atoms with Gasteiger partial charge in [0, 0.05) is 9.75 Å². The zero-order valence-electron chi connectivity index (χ0n) is 10.5. The third kappa shape index (κ3) is 2.60. The van der Waals surface area contributed by atoms with Crippen molar-refractivity contribution < 1.29 is 9.84 Å². The molecule has 0 aliphatic rings. The summed E-state index contributed by atoms with van der Waals surface area (Å²) >= 11 is 5.08. The first-order chi connectivity index (χ1) is 8.52. The molecule has 0 spiro atoms. The fourth-order valence-electron chi connectivity index (χ4n) is 1.93. The van der Waals surface area contributed by atoms with Crippen molar-refractivity contribution in [2.45, 2.75) is 20.0 Å². The molecular formula is C14H15BrO2S. The Morgan fingerprint density at radius 2 is 2.00 bits per heavy atom. The second kappa shape index (κ2) is 5.43. The Bertz CT molecular complexity index is 563. The number of aliphatic hydroxyl groups excluding tert-OH is 1. The van der Waals surface area contributed by atoms with Gasteiger partial charge in [0.2, 0.25) is 0 Å². The molecule has 96 valence electrons. The summed E-state index contributed by atoms with van der Waals surface area (Å²) in [7, 11) is 1.63. The van der Waals surface area contributed by atoms with E-state index in [-0.39, 0.29) is 0 Å². The Morgan fingerprint density at radius 1 is 1.28 bits per heavy atom. The maximum Gasteiger partial charge on any atom is 0.133 e. The molecule has 2 nitrogen and oxygen atoms in total. The highest BCUT2D eigenvalue weighted by Gasteiger charge is 2.16. The van der Waals surface area contributed by atoms with E-state index in [2.05, 4.69) is 28.9 Å². The molecule has 1 N–H and O–H groups in total. The van der Waals surface area contributed by atoms with Crippen LogP contribution in [0.25, 0.3) is 0 Å². The number of halogens is 1. The van der Waals surface area contributed by atoms with Gasteiger partial charge in [-0.3, -0.25) is 0 Å². The largest absolute Gasteiger partial charge is 0.496 e. The molecule has 2 rings (SSSR count). The monoisotopic (exact) mass is 326 g/mol. The highest BCUT2D eigenvalue weighted by molar-refractivity contribution is 9.10. The number of aliphatic hydroxyl groups is 1. The number of ether oxygens (including phenoxy) is 1. The maximum atomic E-state index is 10.4. The summed E-state index contributed by atoms with van der Waals surface area (Å²) in [6.45, 7) is 4.08. The second-order valence-electron chi connectivity index (χ2n) is 4.20. The highest BCUT2D eigenvalue weighted by atomic mass is 79.9. The minimum absolute atomic E-state index is 0.578. The summed E-state index contributed by atoms with van der Waals surface area (Å²) in [4.78, 5) is 2.22. The van der Waals surface area contributed by atoms with Crippen molar-refractivity contribution in [1.82, 2.24) is 0 Å². The van der Waals surface area contributed by atoms with Crippen LogP contribution in [0.15, 0.2) is 28.7 Å². The lowest BCUT2D eigenvalue weighted by molar-refractivity contribution is 0.223. The van der Waals surface area contributed by atoms with E-state index in [4.69, 9.17) is 4.74 Å². The molecule has 0 bridgehead atoms. The summed E-state index contributed by atoms with van der Waals surface area (Å²) < 4.78 is 6.04. The number of hydrogen-bond acceptors (Lipinski definition) is 3. The second-order valence-corrected chi connectivity index (χ2v) is 6.34. The van der Waals surface area contributed by atoms with Crippen molar-refractivity contribution in [3.05, 3.63) is 49.6 Å². The SMILES string of the molecule is COc1ccc(C(O)c2sc(C)cc2C)cc1Br. The minimum Gasteiger partial charge on any atom is -0.496 e. The number of thiophene rings is 1. The van der Waals surface area contributed by atoms with Crippen LogP contribution in [0.1, 0.15) is 27.0 Å². The molecule has 0 saturated heterocycles. The molecule has 1 aromatic heterocycles. The van der Waals surface area contributed by atoms with Crippen LogP contribution in [0.5, 0.6) is 5.75 Å². The van der Waals surface area contributed by atoms with E-state index in [0.29, 0.717) is 0 Å². The zero-order valence-corrected chi connectivity index (χ0v) is 12.9. The standard InChI is InChI=1S/C14H15BrO2S/c1-8-6-9(2)18-14(8)13(16)10-4-5-12(17-3)11(15)7-10/h4-7,13,16H,1-3H3. The normalized spacial score (nSPS) is 12.5. The van der Waals surface area contributed by atoms with Crippen LogP contribution in [0, 0.1) is 13.8 Å². The molecule has 1 unspecified atom stereocenters. The third-order valence-corrected chi connectivity index (χ3v) is 4.64. The summed E-state index contributed by atoms with van der Waals surface area (Å²) in [6.07, 6.45) is -0.578. The molecule has 0 fully saturated rings. The van der Waals surface area contributed by atoms with E-state index in [0.717, 1.165) is 26.2 Å². The lowest BCUT2D eigenvalue weighted by Crippen LogP contribution is -1.99. The van der Waals surface area contributed by atoms with Crippen molar-refractivity contribution in [3.8, 4) is 5.75 Å². The predicted octanol–water partition coefficient (Wildman–Crippen LogP) is 4.22. The third-order valence-electron chi connectivity index (χ3n) is 2.82. The summed E-state index contributed by atoms with van der Waals surface area (Å²) in [6, 6.07) is 7.75. The van der Waals surface area contributed by atoms with Crippen LogP contribution in [0.2, 0.25) is 0 Å². The van der Waals surface area contributed by atoms with Crippen molar-refractivity contribution in [3.63, 3.8) is 0 Å². The Hall–Kier alpha value is -0.840. The van der Waals surface area contributed by atoms with Gasteiger partial charge >= 0.3 is 0 Å². The van der Waals surface area contributed by atoms with Gasteiger partial charge in [-0.1, -0.05) is 6.07 Å². The molecule has 0 aliphatic carbocycles. The van der Waals surface area contributed by atoms with E-state index in [1.807, 2.05) is 25.1 Å². The molecule has 1 atom stereocenters. The van der Waals surface area contributed by atoms with E-state index < -0.39 is 6.10 Å². The van der Waals surface area contributed by atoms with Crippen molar-refractivity contribution in [1.29, 1.82) is 0 Å². The van der Waals surface area contributed by atoms with Gasteiger partial charge in [-0.05, 0) is 59.1 Å². The number of rotatable bonds is 3. The fourth-order valence-corrected chi connectivity index (χ4v) is 3.54. The van der Waals surface area contributed by atoms with Crippen LogP contribution < -0.4 is 4.74 Å². The van der Waals surface area contributed by atoms with Crippen LogP contribution >= 0.6 is 27.3 Å². The molecule has 4 heteroatoms. The van der Waals surface area contributed by atoms with Crippen molar-refractivity contribution >= 4 is 27.3 Å². The van der Waals surface area contributed by atoms with Gasteiger partial charge in [0.15, 0.2) is 0 Å². The maximum absolute atomic E-state index is 10.4. The molecule has 0 aliphatic heterocycles. The van der Waals surface area contributed by atoms with Crippen LogP contribution in [0.4, 0.5) is 0 Å². The first kappa shape index (κ1) is 13.6. The first-order valence-electron chi connectivity index (χ1n) is 5.61. The van der Waals surface area contributed by atoms with E-state index in [1.165, 1.54) is 4.88 Å². The van der Waals surface area contributed by atoms with E-state index >= 15 is 0 Å². The molecule has 18 heavy (non-hydrogen) atoms. The number of aryl methyl sites for hydroxylation is 2. The molecule has 0 amide bonds. The Balaban J connectivity index is 2.37. The number of methoxy groups -OCH3 is 1. The Morgan fingerprint density at radius 3 is 2.50 bits per heavy atom. The van der Waals surface area contributed by atoms with Gasteiger partial charge in [-0.15, -0.1) is 11.3 Å². The molecule has 0 saturated carbocycles. The zero-order chi connectivity index (χ0) is 13.3. The van der Waals surface area contributed by atoms with E-state index in [9.17, 15) is 5.11 Å². The van der Waals surface area contributed by atoms with Crippen LogP contribution in [-0.4, -0.2) is 12.2 Å². The molecule has 1 aromatic carbocycles. The van der Waals surface area contributed by atoms with Gasteiger partial charge in [0.05, 0.1) is 11.6 Å². The quantitative estimate of drug-likeness (QED) is 0.915. The van der Waals surface area contributed by atoms with Gasteiger partial charge < -0.3 is 9.84 Å². The first-order valence-corrected chi connectivity index (χ1v) is 7.22. The average molecular weight is 327 g/mol. The topological polar surface area (TPSA) is 29.5 Å². The summed E-state index contributed by atoms with van der Waals surface area (Å²) in [5.74, 6) is 0.769. The predicted molar refractivity (Wildman–Crippen MR) is 78.5 cm³/mol. The summed E-state index contributed by atoms with van der Waals surface area (Å²) in [5.41, 5.74) is 2.00. The van der Waals surface area contributed by atoms with Crippen LogP contribution in [-0.2, 0) is 0 Å². The highest BCUT2D eigenvalue weighted by Crippen LogP contribution is 2.34.